The quantitative estimate of drug-likeness (QED) is 0.876. The van der Waals surface area contributed by atoms with Crippen molar-refractivity contribution in [2.45, 2.75) is 23.3 Å². The summed E-state index contributed by atoms with van der Waals surface area (Å²) in [5.74, 6) is 1.41. The van der Waals surface area contributed by atoms with Crippen molar-refractivity contribution in [1.82, 2.24) is 15.5 Å². The molecular formula is C15H19N3O2S. The number of likely N-dealkylation sites (N-methyl/N-ethyl adjacent to an activating group) is 1. The predicted molar refractivity (Wildman–Crippen MR) is 82.5 cm³/mol. The Morgan fingerprint density at radius 1 is 1.29 bits per heavy atom. The molecule has 1 aromatic heterocycles. The van der Waals surface area contributed by atoms with Crippen LogP contribution in [0, 0.1) is 0 Å². The Morgan fingerprint density at radius 3 is 2.81 bits per heavy atom. The van der Waals surface area contributed by atoms with E-state index < -0.39 is 0 Å². The lowest BCUT2D eigenvalue weighted by molar-refractivity contribution is 0.0516. The highest BCUT2D eigenvalue weighted by Crippen LogP contribution is 2.27. The Morgan fingerprint density at radius 2 is 2.10 bits per heavy atom. The van der Waals surface area contributed by atoms with E-state index in [1.54, 1.807) is 11.8 Å². The average Bonchev–Trinajstić information content (AvgIpc) is 3.04. The molecule has 6 heteroatoms. The second-order valence-electron chi connectivity index (χ2n) is 5.05. The number of hydrogen-bond donors (Lipinski definition) is 1. The molecule has 1 N–H and O–H groups in total. The van der Waals surface area contributed by atoms with Crippen LogP contribution in [-0.4, -0.2) is 42.7 Å². The van der Waals surface area contributed by atoms with E-state index in [1.807, 2.05) is 19.2 Å². The zero-order chi connectivity index (χ0) is 14.7. The maximum atomic E-state index is 5.54. The maximum Gasteiger partial charge on any atom is 0.233 e. The van der Waals surface area contributed by atoms with E-state index >= 15 is 0 Å². The van der Waals surface area contributed by atoms with Gasteiger partial charge in [-0.15, -0.1) is 11.8 Å². The monoisotopic (exact) mass is 305 g/mol. The summed E-state index contributed by atoms with van der Waals surface area (Å²) in [6.07, 6.45) is 3.02. The van der Waals surface area contributed by atoms with Crippen molar-refractivity contribution in [3.05, 3.63) is 30.2 Å². The first-order chi connectivity index (χ1) is 10.3. The van der Waals surface area contributed by atoms with Crippen molar-refractivity contribution in [3.8, 4) is 11.4 Å². The Hall–Kier alpha value is -1.37. The summed E-state index contributed by atoms with van der Waals surface area (Å²) in [4.78, 5) is 5.77. The normalized spacial score (nSPS) is 22.4. The minimum Gasteiger partial charge on any atom is -0.381 e. The lowest BCUT2D eigenvalue weighted by atomic mass is 9.96. The van der Waals surface area contributed by atoms with Gasteiger partial charge in [0.25, 0.3) is 0 Å². The minimum absolute atomic E-state index is 0.121. The number of aromatic nitrogens is 2. The zero-order valence-corrected chi connectivity index (χ0v) is 13.0. The predicted octanol–water partition coefficient (Wildman–Crippen LogP) is 2.55. The third-order valence-corrected chi connectivity index (χ3v) is 4.58. The number of thioether (sulfide) groups is 1. The van der Waals surface area contributed by atoms with Crippen molar-refractivity contribution >= 4 is 11.8 Å². The lowest BCUT2D eigenvalue weighted by Crippen LogP contribution is -2.39. The van der Waals surface area contributed by atoms with Gasteiger partial charge in [-0.25, -0.2) is 0 Å². The fourth-order valence-corrected chi connectivity index (χ4v) is 2.98. The minimum atomic E-state index is 0.121. The van der Waals surface area contributed by atoms with Crippen LogP contribution in [0.4, 0.5) is 0 Å². The van der Waals surface area contributed by atoms with E-state index in [-0.39, 0.29) is 5.92 Å². The molecule has 1 aliphatic rings. The van der Waals surface area contributed by atoms with Gasteiger partial charge in [0.05, 0.1) is 12.5 Å². The third kappa shape index (κ3) is 3.12. The van der Waals surface area contributed by atoms with E-state index in [9.17, 15) is 0 Å². The van der Waals surface area contributed by atoms with Gasteiger partial charge in [0.15, 0.2) is 0 Å². The van der Waals surface area contributed by atoms with Crippen LogP contribution in [0.3, 0.4) is 0 Å². The SMILES string of the molecule is CNC1CCOCC1c1nc(-c2ccc(SC)cc2)no1. The van der Waals surface area contributed by atoms with Gasteiger partial charge in [-0.1, -0.05) is 5.16 Å². The van der Waals surface area contributed by atoms with Crippen LogP contribution in [0.5, 0.6) is 0 Å². The molecule has 2 unspecified atom stereocenters. The van der Waals surface area contributed by atoms with Crippen LogP contribution >= 0.6 is 11.8 Å². The Balaban J connectivity index is 1.81. The molecule has 0 aliphatic carbocycles. The van der Waals surface area contributed by atoms with Gasteiger partial charge in [-0.3, -0.25) is 0 Å². The van der Waals surface area contributed by atoms with Crippen LogP contribution in [0.15, 0.2) is 33.7 Å². The van der Waals surface area contributed by atoms with Gasteiger partial charge in [0, 0.05) is 23.1 Å². The highest BCUT2D eigenvalue weighted by atomic mass is 32.2. The first-order valence-electron chi connectivity index (χ1n) is 7.05. The molecule has 1 aliphatic heterocycles. The van der Waals surface area contributed by atoms with E-state index in [4.69, 9.17) is 9.26 Å². The topological polar surface area (TPSA) is 60.2 Å². The lowest BCUT2D eigenvalue weighted by Gasteiger charge is -2.28. The van der Waals surface area contributed by atoms with Gasteiger partial charge in [0.2, 0.25) is 11.7 Å². The largest absolute Gasteiger partial charge is 0.381 e. The molecule has 21 heavy (non-hydrogen) atoms. The van der Waals surface area contributed by atoms with Crippen LogP contribution in [0.2, 0.25) is 0 Å². The van der Waals surface area contributed by atoms with Crippen molar-refractivity contribution in [3.63, 3.8) is 0 Å². The molecule has 1 saturated heterocycles. The van der Waals surface area contributed by atoms with E-state index in [2.05, 4.69) is 33.8 Å². The second kappa shape index (κ2) is 6.60. The molecule has 2 heterocycles. The van der Waals surface area contributed by atoms with Crippen molar-refractivity contribution in [1.29, 1.82) is 0 Å². The molecule has 2 aromatic rings. The van der Waals surface area contributed by atoms with Gasteiger partial charge in [0.1, 0.15) is 0 Å². The smallest absolute Gasteiger partial charge is 0.233 e. The fraction of sp³-hybridized carbons (Fsp3) is 0.467. The van der Waals surface area contributed by atoms with Crippen molar-refractivity contribution < 1.29 is 9.26 Å². The van der Waals surface area contributed by atoms with Gasteiger partial charge < -0.3 is 14.6 Å². The summed E-state index contributed by atoms with van der Waals surface area (Å²) in [7, 11) is 1.96. The molecule has 0 amide bonds. The van der Waals surface area contributed by atoms with Crippen LogP contribution in [0.1, 0.15) is 18.2 Å². The number of hydrogen-bond acceptors (Lipinski definition) is 6. The second-order valence-corrected chi connectivity index (χ2v) is 5.93. The van der Waals surface area contributed by atoms with E-state index in [0.29, 0.717) is 24.4 Å². The highest BCUT2D eigenvalue weighted by molar-refractivity contribution is 7.98. The summed E-state index contributed by atoms with van der Waals surface area (Å²) < 4.78 is 11.0. The van der Waals surface area contributed by atoms with Crippen molar-refractivity contribution in [2.75, 3.05) is 26.5 Å². The maximum absolute atomic E-state index is 5.54. The molecule has 2 atom stereocenters. The van der Waals surface area contributed by atoms with Gasteiger partial charge >= 0.3 is 0 Å². The molecular weight excluding hydrogens is 286 g/mol. The van der Waals surface area contributed by atoms with Crippen molar-refractivity contribution in [2.24, 2.45) is 0 Å². The summed E-state index contributed by atoms with van der Waals surface area (Å²) in [5, 5.41) is 7.42. The molecule has 1 aromatic carbocycles. The van der Waals surface area contributed by atoms with E-state index in [1.165, 1.54) is 4.90 Å². The summed E-state index contributed by atoms with van der Waals surface area (Å²) in [6, 6.07) is 8.50. The first kappa shape index (κ1) is 14.6. The summed E-state index contributed by atoms with van der Waals surface area (Å²) >= 11 is 1.71. The van der Waals surface area contributed by atoms with Crippen LogP contribution in [0.25, 0.3) is 11.4 Å². The number of benzene rings is 1. The summed E-state index contributed by atoms with van der Waals surface area (Å²) in [5.41, 5.74) is 0.973. The number of ether oxygens (including phenoxy) is 1. The number of rotatable bonds is 4. The highest BCUT2D eigenvalue weighted by Gasteiger charge is 2.30. The molecule has 0 radical (unpaired) electrons. The Bertz CT molecular complexity index is 585. The Labute approximate surface area is 128 Å². The molecule has 112 valence electrons. The number of nitrogens with one attached hydrogen (secondary N) is 1. The first-order valence-corrected chi connectivity index (χ1v) is 8.27. The number of nitrogens with zero attached hydrogens (tertiary/aromatic N) is 2. The molecule has 3 rings (SSSR count). The van der Waals surface area contributed by atoms with Crippen LogP contribution in [-0.2, 0) is 4.74 Å². The molecule has 1 fully saturated rings. The third-order valence-electron chi connectivity index (χ3n) is 3.83. The molecule has 0 saturated carbocycles. The van der Waals surface area contributed by atoms with E-state index in [0.717, 1.165) is 18.6 Å². The van der Waals surface area contributed by atoms with Crippen LogP contribution < -0.4 is 5.32 Å². The fourth-order valence-electron chi connectivity index (χ4n) is 2.57. The molecule has 5 nitrogen and oxygen atoms in total. The zero-order valence-electron chi connectivity index (χ0n) is 12.2. The standard InChI is InChI=1S/C15H19N3O2S/c1-16-13-7-8-19-9-12(13)15-17-14(18-20-15)10-3-5-11(21-2)6-4-10/h3-6,12-13,16H,7-9H2,1-2H3. The van der Waals surface area contributed by atoms with Gasteiger partial charge in [-0.2, -0.15) is 4.98 Å². The Kier molecular flexibility index (Phi) is 4.57. The molecule has 0 bridgehead atoms. The molecule has 0 spiro atoms. The van der Waals surface area contributed by atoms with Gasteiger partial charge in [-0.05, 0) is 44.0 Å². The summed E-state index contributed by atoms with van der Waals surface area (Å²) in [6.45, 7) is 1.40. The average molecular weight is 305 g/mol.